The second-order valence-electron chi connectivity index (χ2n) is 4.81. The molecule has 0 aliphatic rings. The van der Waals surface area contributed by atoms with Gasteiger partial charge in [0.05, 0.1) is 33.0 Å². The molecule has 118 valence electrons. The maximum atomic E-state index is 11.5. The van der Waals surface area contributed by atoms with E-state index < -0.39 is 28.0 Å². The van der Waals surface area contributed by atoms with E-state index in [1.165, 1.54) is 32.0 Å². The fourth-order valence-electron chi connectivity index (χ4n) is 2.42. The largest absolute Gasteiger partial charge is 0.478 e. The second-order valence-corrected chi connectivity index (χ2v) is 4.81. The SMILES string of the molecule is Cc1nc(-c2ccccc2[N+](=O)[O-])c(C)c(C(=O)O)c1C(=O)O. The van der Waals surface area contributed by atoms with Crippen molar-refractivity contribution in [3.05, 3.63) is 56.8 Å². The summed E-state index contributed by atoms with van der Waals surface area (Å²) in [5.74, 6) is -2.84. The number of hydrogen-bond donors (Lipinski definition) is 2. The van der Waals surface area contributed by atoms with E-state index in [1.54, 1.807) is 6.07 Å². The first-order valence-electron chi connectivity index (χ1n) is 6.47. The summed E-state index contributed by atoms with van der Waals surface area (Å²) in [6.45, 7) is 2.74. The number of aromatic nitrogens is 1. The van der Waals surface area contributed by atoms with E-state index in [9.17, 15) is 29.9 Å². The van der Waals surface area contributed by atoms with E-state index in [0.29, 0.717) is 0 Å². The van der Waals surface area contributed by atoms with Crippen LogP contribution < -0.4 is 0 Å². The van der Waals surface area contributed by atoms with Gasteiger partial charge in [-0.1, -0.05) is 12.1 Å². The highest BCUT2D eigenvalue weighted by Gasteiger charge is 2.27. The minimum absolute atomic E-state index is 0.0198. The van der Waals surface area contributed by atoms with E-state index in [2.05, 4.69) is 4.98 Å². The Hall–Kier alpha value is -3.29. The number of nitro benzene ring substituents is 1. The molecule has 0 fully saturated rings. The number of nitrogens with zero attached hydrogens (tertiary/aromatic N) is 2. The average Bonchev–Trinajstić information content (AvgIpc) is 2.48. The van der Waals surface area contributed by atoms with E-state index >= 15 is 0 Å². The quantitative estimate of drug-likeness (QED) is 0.654. The maximum absolute atomic E-state index is 11.5. The fourth-order valence-corrected chi connectivity index (χ4v) is 2.42. The molecule has 1 aromatic heterocycles. The predicted octanol–water partition coefficient (Wildman–Crippen LogP) is 2.67. The van der Waals surface area contributed by atoms with Crippen LogP contribution in [0.1, 0.15) is 32.0 Å². The van der Waals surface area contributed by atoms with Gasteiger partial charge in [0.25, 0.3) is 5.69 Å². The normalized spacial score (nSPS) is 10.3. The van der Waals surface area contributed by atoms with Gasteiger partial charge in [-0.05, 0) is 25.5 Å². The van der Waals surface area contributed by atoms with Crippen molar-refractivity contribution < 1.29 is 24.7 Å². The van der Waals surface area contributed by atoms with Gasteiger partial charge in [0.2, 0.25) is 0 Å². The van der Waals surface area contributed by atoms with Gasteiger partial charge in [0, 0.05) is 6.07 Å². The Bertz CT molecular complexity index is 844. The summed E-state index contributed by atoms with van der Waals surface area (Å²) in [5.41, 5.74) is -0.810. The summed E-state index contributed by atoms with van der Waals surface area (Å²) in [6.07, 6.45) is 0. The van der Waals surface area contributed by atoms with E-state index in [0.717, 1.165) is 0 Å². The number of nitro groups is 1. The third-order valence-electron chi connectivity index (χ3n) is 3.41. The molecular weight excluding hydrogens is 304 g/mol. The summed E-state index contributed by atoms with van der Waals surface area (Å²) >= 11 is 0. The van der Waals surface area contributed by atoms with Gasteiger partial charge in [0.1, 0.15) is 0 Å². The maximum Gasteiger partial charge on any atom is 0.338 e. The first-order chi connectivity index (χ1) is 10.8. The van der Waals surface area contributed by atoms with Crippen LogP contribution in [0.5, 0.6) is 0 Å². The van der Waals surface area contributed by atoms with Crippen LogP contribution in [0, 0.1) is 24.0 Å². The van der Waals surface area contributed by atoms with Gasteiger partial charge in [-0.3, -0.25) is 15.1 Å². The Morgan fingerprint density at radius 1 is 1.09 bits per heavy atom. The van der Waals surface area contributed by atoms with E-state index in [-0.39, 0.29) is 28.2 Å². The minimum atomic E-state index is -1.43. The molecule has 0 radical (unpaired) electrons. The molecular formula is C15H12N2O6. The third kappa shape index (κ3) is 2.73. The lowest BCUT2D eigenvalue weighted by Gasteiger charge is -2.13. The lowest BCUT2D eigenvalue weighted by Crippen LogP contribution is -2.15. The molecule has 0 amide bonds. The smallest absolute Gasteiger partial charge is 0.338 e. The van der Waals surface area contributed by atoms with Crippen LogP contribution in [0.25, 0.3) is 11.3 Å². The highest BCUT2D eigenvalue weighted by Crippen LogP contribution is 2.33. The van der Waals surface area contributed by atoms with Crippen LogP contribution in [-0.4, -0.2) is 32.1 Å². The number of aromatic carboxylic acids is 2. The summed E-state index contributed by atoms with van der Waals surface area (Å²) in [7, 11) is 0. The van der Waals surface area contributed by atoms with Gasteiger partial charge >= 0.3 is 11.9 Å². The standard InChI is InChI=1S/C15H12N2O6/c1-7-11(14(18)19)12(15(20)21)8(2)16-13(7)9-5-3-4-6-10(9)17(22)23/h3-6H,1-2H3,(H,18,19)(H,20,21). The predicted molar refractivity (Wildman–Crippen MR) is 79.7 cm³/mol. The summed E-state index contributed by atoms with van der Waals surface area (Å²) < 4.78 is 0. The molecule has 0 atom stereocenters. The van der Waals surface area contributed by atoms with Crippen LogP contribution >= 0.6 is 0 Å². The molecule has 0 saturated carbocycles. The molecule has 1 heterocycles. The zero-order chi connectivity index (χ0) is 17.3. The number of aryl methyl sites for hydroxylation is 1. The lowest BCUT2D eigenvalue weighted by molar-refractivity contribution is -0.384. The lowest BCUT2D eigenvalue weighted by atomic mass is 9.95. The van der Waals surface area contributed by atoms with E-state index in [1.807, 2.05) is 0 Å². The number of pyridine rings is 1. The van der Waals surface area contributed by atoms with Gasteiger partial charge in [-0.2, -0.15) is 0 Å². The number of rotatable bonds is 4. The summed E-state index contributed by atoms with van der Waals surface area (Å²) in [5, 5.41) is 29.7. The zero-order valence-electron chi connectivity index (χ0n) is 12.2. The second kappa shape index (κ2) is 5.84. The van der Waals surface area contributed by atoms with Gasteiger partial charge in [-0.15, -0.1) is 0 Å². The number of carbonyl (C=O) groups is 2. The van der Waals surface area contributed by atoms with Crippen molar-refractivity contribution >= 4 is 17.6 Å². The molecule has 0 unspecified atom stereocenters. The van der Waals surface area contributed by atoms with Crippen molar-refractivity contribution in [1.29, 1.82) is 0 Å². The van der Waals surface area contributed by atoms with Gasteiger partial charge < -0.3 is 10.2 Å². The molecule has 8 heteroatoms. The molecule has 0 aliphatic carbocycles. The number of carboxylic acids is 2. The van der Waals surface area contributed by atoms with Crippen LogP contribution in [0.15, 0.2) is 24.3 Å². The Morgan fingerprint density at radius 2 is 1.65 bits per heavy atom. The van der Waals surface area contributed by atoms with Crippen molar-refractivity contribution in [3.8, 4) is 11.3 Å². The molecule has 0 spiro atoms. The van der Waals surface area contributed by atoms with Crippen molar-refractivity contribution in [2.24, 2.45) is 0 Å². The Morgan fingerprint density at radius 3 is 2.17 bits per heavy atom. The van der Waals surface area contributed by atoms with Crippen LogP contribution in [-0.2, 0) is 0 Å². The van der Waals surface area contributed by atoms with Crippen molar-refractivity contribution in [2.45, 2.75) is 13.8 Å². The third-order valence-corrected chi connectivity index (χ3v) is 3.41. The first-order valence-corrected chi connectivity index (χ1v) is 6.47. The van der Waals surface area contributed by atoms with Crippen LogP contribution in [0.2, 0.25) is 0 Å². The number of para-hydroxylation sites is 1. The van der Waals surface area contributed by atoms with Crippen LogP contribution in [0.3, 0.4) is 0 Å². The average molecular weight is 316 g/mol. The summed E-state index contributed by atoms with van der Waals surface area (Å²) in [4.78, 5) is 37.4. The number of carboxylic acid groups (broad SMARTS) is 2. The zero-order valence-corrected chi connectivity index (χ0v) is 12.2. The molecule has 0 aliphatic heterocycles. The van der Waals surface area contributed by atoms with Gasteiger partial charge in [0.15, 0.2) is 0 Å². The minimum Gasteiger partial charge on any atom is -0.478 e. The molecule has 2 aromatic rings. The van der Waals surface area contributed by atoms with Crippen molar-refractivity contribution in [3.63, 3.8) is 0 Å². The van der Waals surface area contributed by atoms with E-state index in [4.69, 9.17) is 0 Å². The molecule has 2 rings (SSSR count). The van der Waals surface area contributed by atoms with Gasteiger partial charge in [-0.25, -0.2) is 9.59 Å². The van der Waals surface area contributed by atoms with Crippen molar-refractivity contribution in [1.82, 2.24) is 4.98 Å². The fraction of sp³-hybridized carbons (Fsp3) is 0.133. The Labute approximate surface area is 130 Å². The number of hydrogen-bond acceptors (Lipinski definition) is 5. The highest BCUT2D eigenvalue weighted by molar-refractivity contribution is 6.04. The van der Waals surface area contributed by atoms with Crippen LogP contribution in [0.4, 0.5) is 5.69 Å². The Kier molecular flexibility index (Phi) is 4.08. The Balaban J connectivity index is 2.89. The molecule has 8 nitrogen and oxygen atoms in total. The molecule has 0 saturated heterocycles. The monoisotopic (exact) mass is 316 g/mol. The molecule has 23 heavy (non-hydrogen) atoms. The van der Waals surface area contributed by atoms with Crippen molar-refractivity contribution in [2.75, 3.05) is 0 Å². The highest BCUT2D eigenvalue weighted by atomic mass is 16.6. The molecule has 1 aromatic carbocycles. The molecule has 0 bridgehead atoms. The first kappa shape index (κ1) is 16.1. The topological polar surface area (TPSA) is 131 Å². The number of benzene rings is 1. The summed E-state index contributed by atoms with van der Waals surface area (Å²) in [6, 6.07) is 5.76. The molecule has 2 N–H and O–H groups in total.